The number of hydrogen-bond donors (Lipinski definition) is 0. The summed E-state index contributed by atoms with van der Waals surface area (Å²) in [5.41, 5.74) is 3.82. The fourth-order valence-electron chi connectivity index (χ4n) is 2.80. The van der Waals surface area contributed by atoms with Gasteiger partial charge in [0.25, 0.3) is 0 Å². The summed E-state index contributed by atoms with van der Waals surface area (Å²) in [4.78, 5) is 4.57. The zero-order valence-electron chi connectivity index (χ0n) is 13.3. The Bertz CT molecular complexity index is 918. The normalized spacial score (nSPS) is 13.9. The average molecular weight is 388 g/mol. The van der Waals surface area contributed by atoms with E-state index in [1.165, 1.54) is 0 Å². The van der Waals surface area contributed by atoms with E-state index >= 15 is 0 Å². The Kier molecular flexibility index (Phi) is 4.84. The quantitative estimate of drug-likeness (QED) is 0.588. The maximum Gasteiger partial charge on any atom is 0.137 e. The van der Waals surface area contributed by atoms with Gasteiger partial charge in [-0.2, -0.15) is 5.10 Å². The minimum absolute atomic E-state index is 0.631. The molecular formula is C19H15Cl2N3S. The average Bonchev–Trinajstić information content (AvgIpc) is 3.26. The van der Waals surface area contributed by atoms with Crippen molar-refractivity contribution in [1.29, 1.82) is 0 Å². The number of aliphatic imine (C=N–C) groups is 1. The first kappa shape index (κ1) is 16.7. The van der Waals surface area contributed by atoms with Gasteiger partial charge in [-0.25, -0.2) is 4.68 Å². The second kappa shape index (κ2) is 7.24. The van der Waals surface area contributed by atoms with Crippen molar-refractivity contribution >= 4 is 40.0 Å². The molecule has 0 atom stereocenters. The molecule has 0 amide bonds. The molecule has 2 heterocycles. The molecule has 0 saturated heterocycles. The van der Waals surface area contributed by atoms with Crippen LogP contribution in [0, 0.1) is 0 Å². The van der Waals surface area contributed by atoms with Crippen LogP contribution in [0.5, 0.6) is 0 Å². The third-order valence-corrected chi connectivity index (χ3v) is 5.65. The molecule has 6 heteroatoms. The lowest BCUT2D eigenvalue weighted by Gasteiger charge is -2.04. The fourth-order valence-corrected chi connectivity index (χ4v) is 4.07. The van der Waals surface area contributed by atoms with Crippen molar-refractivity contribution in [2.45, 2.75) is 6.42 Å². The first-order valence-electron chi connectivity index (χ1n) is 7.97. The molecule has 0 unspecified atom stereocenters. The lowest BCUT2D eigenvalue weighted by atomic mass is 10.1. The molecule has 4 rings (SSSR count). The molecule has 0 N–H and O–H groups in total. The Morgan fingerprint density at radius 3 is 2.44 bits per heavy atom. The van der Waals surface area contributed by atoms with Crippen LogP contribution in [-0.4, -0.2) is 27.1 Å². The number of nitrogens with zero attached hydrogens (tertiary/aromatic N) is 3. The first-order valence-corrected chi connectivity index (χ1v) is 9.71. The van der Waals surface area contributed by atoms with E-state index in [-0.39, 0.29) is 0 Å². The summed E-state index contributed by atoms with van der Waals surface area (Å²) in [6.07, 6.45) is 0.703. The molecule has 0 fully saturated rings. The van der Waals surface area contributed by atoms with Crippen LogP contribution in [0.4, 0.5) is 0 Å². The number of aromatic nitrogens is 2. The van der Waals surface area contributed by atoms with Crippen molar-refractivity contribution in [2.24, 2.45) is 4.99 Å². The van der Waals surface area contributed by atoms with Crippen molar-refractivity contribution in [3.8, 4) is 16.9 Å². The number of thioether (sulfide) groups is 1. The number of benzene rings is 2. The van der Waals surface area contributed by atoms with E-state index in [4.69, 9.17) is 28.3 Å². The summed E-state index contributed by atoms with van der Waals surface area (Å²) in [6, 6.07) is 17.6. The zero-order chi connectivity index (χ0) is 17.2. The van der Waals surface area contributed by atoms with E-state index < -0.39 is 0 Å². The van der Waals surface area contributed by atoms with Crippen LogP contribution in [0.15, 0.2) is 59.6 Å². The molecule has 3 aromatic rings. The standard InChI is InChI=1S/C19H15Cl2N3S/c20-14-8-6-13(7-9-14)18-16(12-17-22-10-11-25-17)19(21)24(23-18)15-4-2-1-3-5-15/h1-9H,10-12H2. The molecule has 0 aliphatic carbocycles. The van der Waals surface area contributed by atoms with Gasteiger partial charge in [0.2, 0.25) is 0 Å². The van der Waals surface area contributed by atoms with Crippen molar-refractivity contribution < 1.29 is 0 Å². The van der Waals surface area contributed by atoms with Gasteiger partial charge in [0, 0.05) is 34.9 Å². The maximum absolute atomic E-state index is 6.73. The smallest absolute Gasteiger partial charge is 0.137 e. The van der Waals surface area contributed by atoms with Gasteiger partial charge in [-0.1, -0.05) is 53.5 Å². The highest BCUT2D eigenvalue weighted by atomic mass is 35.5. The fraction of sp³-hybridized carbons (Fsp3) is 0.158. The van der Waals surface area contributed by atoms with Crippen molar-refractivity contribution in [1.82, 2.24) is 9.78 Å². The van der Waals surface area contributed by atoms with Gasteiger partial charge in [-0.05, 0) is 24.3 Å². The number of halogens is 2. The Balaban J connectivity index is 1.84. The second-order valence-electron chi connectivity index (χ2n) is 5.67. The Hall–Kier alpha value is -1.75. The molecule has 0 spiro atoms. The summed E-state index contributed by atoms with van der Waals surface area (Å²) in [5, 5.41) is 7.25. The lowest BCUT2D eigenvalue weighted by Crippen LogP contribution is -1.98. The van der Waals surface area contributed by atoms with Crippen LogP contribution in [-0.2, 0) is 6.42 Å². The van der Waals surface area contributed by atoms with Gasteiger partial charge >= 0.3 is 0 Å². The van der Waals surface area contributed by atoms with E-state index in [0.717, 1.165) is 39.8 Å². The molecule has 0 radical (unpaired) electrons. The van der Waals surface area contributed by atoms with E-state index in [9.17, 15) is 0 Å². The van der Waals surface area contributed by atoms with Crippen LogP contribution >= 0.6 is 35.0 Å². The predicted molar refractivity (Wildman–Crippen MR) is 107 cm³/mol. The van der Waals surface area contributed by atoms with Gasteiger partial charge in [0.15, 0.2) is 0 Å². The third kappa shape index (κ3) is 3.47. The van der Waals surface area contributed by atoms with Gasteiger partial charge in [0.1, 0.15) is 5.15 Å². The minimum atomic E-state index is 0.631. The monoisotopic (exact) mass is 387 g/mol. The van der Waals surface area contributed by atoms with E-state index in [1.807, 2.05) is 54.6 Å². The summed E-state index contributed by atoms with van der Waals surface area (Å²) in [5.74, 6) is 1.04. The first-order chi connectivity index (χ1) is 12.2. The van der Waals surface area contributed by atoms with Crippen LogP contribution in [0.1, 0.15) is 5.56 Å². The molecule has 0 bridgehead atoms. The van der Waals surface area contributed by atoms with Gasteiger partial charge in [-0.15, -0.1) is 11.8 Å². The largest absolute Gasteiger partial charge is 0.282 e. The molecule has 1 aromatic heterocycles. The summed E-state index contributed by atoms with van der Waals surface area (Å²) < 4.78 is 1.79. The van der Waals surface area contributed by atoms with Crippen LogP contribution < -0.4 is 0 Å². The topological polar surface area (TPSA) is 30.2 Å². The Morgan fingerprint density at radius 2 is 1.76 bits per heavy atom. The highest BCUT2D eigenvalue weighted by molar-refractivity contribution is 8.14. The molecule has 1 aliphatic rings. The summed E-state index contributed by atoms with van der Waals surface area (Å²) in [7, 11) is 0. The summed E-state index contributed by atoms with van der Waals surface area (Å²) >= 11 is 14.6. The van der Waals surface area contributed by atoms with Crippen LogP contribution in [0.3, 0.4) is 0 Å². The third-order valence-electron chi connectivity index (χ3n) is 4.02. The van der Waals surface area contributed by atoms with E-state index in [2.05, 4.69) is 4.99 Å². The molecule has 3 nitrogen and oxygen atoms in total. The number of hydrogen-bond acceptors (Lipinski definition) is 3. The molecule has 126 valence electrons. The molecule has 25 heavy (non-hydrogen) atoms. The van der Waals surface area contributed by atoms with Crippen LogP contribution in [0.2, 0.25) is 10.2 Å². The predicted octanol–water partition coefficient (Wildman–Crippen LogP) is 5.53. The highest BCUT2D eigenvalue weighted by Gasteiger charge is 2.21. The zero-order valence-corrected chi connectivity index (χ0v) is 15.7. The number of rotatable bonds is 4. The Labute approximate surface area is 160 Å². The van der Waals surface area contributed by atoms with Crippen molar-refractivity contribution in [3.63, 3.8) is 0 Å². The molecule has 0 saturated carbocycles. The molecular weight excluding hydrogens is 373 g/mol. The van der Waals surface area contributed by atoms with Gasteiger partial charge in [0.05, 0.1) is 16.4 Å². The number of para-hydroxylation sites is 1. The lowest BCUT2D eigenvalue weighted by molar-refractivity contribution is 0.884. The SMILES string of the molecule is Clc1ccc(-c2nn(-c3ccccc3)c(Cl)c2CC2=NCCS2)cc1. The maximum atomic E-state index is 6.73. The Morgan fingerprint density at radius 1 is 1.00 bits per heavy atom. The second-order valence-corrected chi connectivity index (χ2v) is 7.64. The summed E-state index contributed by atoms with van der Waals surface area (Å²) in [6.45, 7) is 0.876. The highest BCUT2D eigenvalue weighted by Crippen LogP contribution is 2.33. The van der Waals surface area contributed by atoms with E-state index in [1.54, 1.807) is 16.4 Å². The van der Waals surface area contributed by atoms with Gasteiger partial charge < -0.3 is 0 Å². The van der Waals surface area contributed by atoms with Gasteiger partial charge in [-0.3, -0.25) is 4.99 Å². The van der Waals surface area contributed by atoms with Crippen molar-refractivity contribution in [3.05, 3.63) is 70.3 Å². The minimum Gasteiger partial charge on any atom is -0.282 e. The molecule has 2 aromatic carbocycles. The van der Waals surface area contributed by atoms with Crippen LogP contribution in [0.25, 0.3) is 16.9 Å². The molecule has 1 aliphatic heterocycles. The van der Waals surface area contributed by atoms with E-state index in [0.29, 0.717) is 16.6 Å². The van der Waals surface area contributed by atoms with Crippen molar-refractivity contribution in [2.75, 3.05) is 12.3 Å².